The molecule has 0 saturated heterocycles. The number of methoxy groups -OCH3 is 2. The molecule has 28 heavy (non-hydrogen) atoms. The Balaban J connectivity index is 1.50. The van der Waals surface area contributed by atoms with Crippen molar-refractivity contribution in [2.75, 3.05) is 20.8 Å². The number of hydrogen-bond acceptors (Lipinski definition) is 4. The first-order chi connectivity index (χ1) is 13.7. The van der Waals surface area contributed by atoms with Crippen LogP contribution in [0.25, 0.3) is 21.9 Å². The highest BCUT2D eigenvalue weighted by atomic mass is 16.5. The normalized spacial score (nSPS) is 10.9. The fraction of sp³-hybridized carbons (Fsp3) is 0.174. The van der Waals surface area contributed by atoms with Crippen LogP contribution in [0.3, 0.4) is 0 Å². The lowest BCUT2D eigenvalue weighted by Crippen LogP contribution is -2.26. The Bertz CT molecular complexity index is 1120. The van der Waals surface area contributed by atoms with Crippen LogP contribution in [0.1, 0.15) is 15.9 Å². The quantitative estimate of drug-likeness (QED) is 0.536. The van der Waals surface area contributed by atoms with E-state index in [0.29, 0.717) is 30.0 Å². The van der Waals surface area contributed by atoms with E-state index < -0.39 is 0 Å². The fourth-order valence-corrected chi connectivity index (χ4v) is 3.41. The van der Waals surface area contributed by atoms with Crippen molar-refractivity contribution >= 4 is 27.8 Å². The van der Waals surface area contributed by atoms with Gasteiger partial charge in [0.1, 0.15) is 28.2 Å². The molecule has 1 aromatic heterocycles. The van der Waals surface area contributed by atoms with E-state index in [1.165, 1.54) is 14.2 Å². The summed E-state index contributed by atoms with van der Waals surface area (Å²) in [5.74, 6) is 0.760. The number of amides is 1. The van der Waals surface area contributed by atoms with Crippen LogP contribution >= 0.6 is 0 Å². The summed E-state index contributed by atoms with van der Waals surface area (Å²) >= 11 is 0. The number of hydrogen-bond donors (Lipinski definition) is 1. The van der Waals surface area contributed by atoms with Crippen LogP contribution in [0.2, 0.25) is 0 Å². The summed E-state index contributed by atoms with van der Waals surface area (Å²) in [6, 6.07) is 19.4. The molecule has 0 atom stereocenters. The zero-order valence-corrected chi connectivity index (χ0v) is 15.8. The SMILES string of the molecule is COc1cccc(OC)c1C(=O)NCCc1ccc2oc3ccccc3c2c1. The van der Waals surface area contributed by atoms with Gasteiger partial charge in [0, 0.05) is 17.3 Å². The number of para-hydroxylation sites is 1. The number of nitrogens with one attached hydrogen (secondary N) is 1. The van der Waals surface area contributed by atoms with E-state index in [0.717, 1.165) is 27.5 Å². The Morgan fingerprint density at radius 1 is 0.893 bits per heavy atom. The third-order valence-electron chi connectivity index (χ3n) is 4.80. The van der Waals surface area contributed by atoms with Gasteiger partial charge in [-0.15, -0.1) is 0 Å². The Morgan fingerprint density at radius 3 is 2.36 bits per heavy atom. The molecule has 0 aliphatic heterocycles. The molecule has 0 spiro atoms. The number of benzene rings is 3. The number of fused-ring (bicyclic) bond motifs is 3. The molecule has 0 radical (unpaired) electrons. The topological polar surface area (TPSA) is 60.7 Å². The van der Waals surface area contributed by atoms with Gasteiger partial charge in [-0.05, 0) is 42.3 Å². The lowest BCUT2D eigenvalue weighted by molar-refractivity contribution is 0.0948. The summed E-state index contributed by atoms with van der Waals surface area (Å²) in [4.78, 5) is 12.7. The highest BCUT2D eigenvalue weighted by molar-refractivity contribution is 6.05. The van der Waals surface area contributed by atoms with Gasteiger partial charge >= 0.3 is 0 Å². The molecule has 0 aliphatic carbocycles. The summed E-state index contributed by atoms with van der Waals surface area (Å²) < 4.78 is 16.5. The smallest absolute Gasteiger partial charge is 0.258 e. The van der Waals surface area contributed by atoms with Crippen molar-refractivity contribution in [1.82, 2.24) is 5.32 Å². The zero-order valence-electron chi connectivity index (χ0n) is 15.8. The lowest BCUT2D eigenvalue weighted by atomic mass is 10.1. The molecule has 0 fully saturated rings. The largest absolute Gasteiger partial charge is 0.496 e. The van der Waals surface area contributed by atoms with Crippen molar-refractivity contribution in [2.45, 2.75) is 6.42 Å². The van der Waals surface area contributed by atoms with E-state index >= 15 is 0 Å². The van der Waals surface area contributed by atoms with Crippen LogP contribution in [0.15, 0.2) is 65.1 Å². The van der Waals surface area contributed by atoms with Crippen LogP contribution < -0.4 is 14.8 Å². The first-order valence-corrected chi connectivity index (χ1v) is 9.10. The van der Waals surface area contributed by atoms with E-state index in [9.17, 15) is 4.79 Å². The summed E-state index contributed by atoms with van der Waals surface area (Å²) in [6.07, 6.45) is 0.707. The minimum absolute atomic E-state index is 0.218. The Labute approximate surface area is 162 Å². The van der Waals surface area contributed by atoms with Gasteiger partial charge in [-0.2, -0.15) is 0 Å². The molecule has 142 valence electrons. The Hall–Kier alpha value is -3.47. The highest BCUT2D eigenvalue weighted by Gasteiger charge is 2.17. The van der Waals surface area contributed by atoms with Crippen LogP contribution in [0, 0.1) is 0 Å². The van der Waals surface area contributed by atoms with E-state index in [2.05, 4.69) is 17.4 Å². The van der Waals surface area contributed by atoms with Crippen molar-refractivity contribution in [1.29, 1.82) is 0 Å². The van der Waals surface area contributed by atoms with Crippen molar-refractivity contribution in [3.8, 4) is 11.5 Å². The Kier molecular flexibility index (Phi) is 4.89. The van der Waals surface area contributed by atoms with E-state index in [-0.39, 0.29) is 5.91 Å². The van der Waals surface area contributed by atoms with Gasteiger partial charge in [0.2, 0.25) is 0 Å². The highest BCUT2D eigenvalue weighted by Crippen LogP contribution is 2.30. The predicted molar refractivity (Wildman–Crippen MR) is 109 cm³/mol. The van der Waals surface area contributed by atoms with Crippen molar-refractivity contribution in [2.24, 2.45) is 0 Å². The summed E-state index contributed by atoms with van der Waals surface area (Å²) in [5.41, 5.74) is 3.29. The molecule has 5 nitrogen and oxygen atoms in total. The molecule has 1 amide bonds. The maximum Gasteiger partial charge on any atom is 0.258 e. The maximum atomic E-state index is 12.7. The molecule has 5 heteroatoms. The number of carbonyl (C=O) groups is 1. The molecule has 0 bridgehead atoms. The predicted octanol–water partition coefficient (Wildman–Crippen LogP) is 4.58. The average molecular weight is 375 g/mol. The Morgan fingerprint density at radius 2 is 1.61 bits per heavy atom. The van der Waals surface area contributed by atoms with Crippen LogP contribution in [-0.2, 0) is 6.42 Å². The van der Waals surface area contributed by atoms with Crippen molar-refractivity contribution in [3.05, 3.63) is 71.8 Å². The number of rotatable bonds is 6. The van der Waals surface area contributed by atoms with Crippen LogP contribution in [-0.4, -0.2) is 26.7 Å². The number of carbonyl (C=O) groups excluding carboxylic acids is 1. The molecule has 4 rings (SSSR count). The first-order valence-electron chi connectivity index (χ1n) is 9.10. The summed E-state index contributed by atoms with van der Waals surface area (Å²) in [5, 5.41) is 5.14. The molecule has 0 saturated carbocycles. The van der Waals surface area contributed by atoms with E-state index in [1.54, 1.807) is 18.2 Å². The summed E-state index contributed by atoms with van der Waals surface area (Å²) in [7, 11) is 3.08. The maximum absolute atomic E-state index is 12.7. The first kappa shape index (κ1) is 17.9. The van der Waals surface area contributed by atoms with Gasteiger partial charge in [-0.25, -0.2) is 0 Å². The molecular weight excluding hydrogens is 354 g/mol. The monoisotopic (exact) mass is 375 g/mol. The van der Waals surface area contributed by atoms with Gasteiger partial charge < -0.3 is 19.2 Å². The molecule has 1 N–H and O–H groups in total. The second-order valence-electron chi connectivity index (χ2n) is 6.47. The van der Waals surface area contributed by atoms with Crippen molar-refractivity contribution in [3.63, 3.8) is 0 Å². The van der Waals surface area contributed by atoms with E-state index in [1.807, 2.05) is 30.3 Å². The second-order valence-corrected chi connectivity index (χ2v) is 6.47. The molecular formula is C23H21NO4. The minimum Gasteiger partial charge on any atom is -0.496 e. The lowest BCUT2D eigenvalue weighted by Gasteiger charge is -2.13. The number of ether oxygens (including phenoxy) is 2. The molecule has 3 aromatic carbocycles. The van der Waals surface area contributed by atoms with Crippen LogP contribution in [0.5, 0.6) is 11.5 Å². The number of furan rings is 1. The van der Waals surface area contributed by atoms with Gasteiger partial charge in [0.15, 0.2) is 0 Å². The van der Waals surface area contributed by atoms with E-state index in [4.69, 9.17) is 13.9 Å². The third-order valence-corrected chi connectivity index (χ3v) is 4.80. The van der Waals surface area contributed by atoms with Gasteiger partial charge in [-0.3, -0.25) is 4.79 Å². The molecule has 0 unspecified atom stereocenters. The molecule has 0 aliphatic rings. The van der Waals surface area contributed by atoms with Gasteiger partial charge in [0.05, 0.1) is 14.2 Å². The van der Waals surface area contributed by atoms with Crippen LogP contribution in [0.4, 0.5) is 0 Å². The molecule has 1 heterocycles. The van der Waals surface area contributed by atoms with Gasteiger partial charge in [0.25, 0.3) is 5.91 Å². The second kappa shape index (κ2) is 7.64. The molecule has 4 aromatic rings. The van der Waals surface area contributed by atoms with Crippen molar-refractivity contribution < 1.29 is 18.7 Å². The zero-order chi connectivity index (χ0) is 19.5. The summed E-state index contributed by atoms with van der Waals surface area (Å²) in [6.45, 7) is 0.501. The third kappa shape index (κ3) is 3.27. The van der Waals surface area contributed by atoms with Gasteiger partial charge in [-0.1, -0.05) is 30.3 Å². The fourth-order valence-electron chi connectivity index (χ4n) is 3.41. The average Bonchev–Trinajstić information content (AvgIpc) is 3.11. The minimum atomic E-state index is -0.218. The standard InChI is InChI=1S/C23H21NO4/c1-26-20-8-5-9-21(27-2)22(20)23(25)24-13-12-15-10-11-19-17(14-15)16-6-3-4-7-18(16)28-19/h3-11,14H,12-13H2,1-2H3,(H,24,25).